The molecule has 0 fully saturated rings. The van der Waals surface area contributed by atoms with Crippen LogP contribution in [0.15, 0.2) is 6.07 Å². The highest BCUT2D eigenvalue weighted by atomic mass is 32.1. The summed E-state index contributed by atoms with van der Waals surface area (Å²) in [5.74, 6) is -1.22. The number of carboxylic acids is 1. The minimum atomic E-state index is -0.993. The molecule has 0 aliphatic carbocycles. The number of aromatic nitrogens is 1. The Morgan fingerprint density at radius 2 is 1.91 bits per heavy atom. The Morgan fingerprint density at radius 1 is 1.22 bits per heavy atom. The van der Waals surface area contributed by atoms with Gasteiger partial charge in [0.2, 0.25) is 0 Å². The number of carboxylic acid groups (broad SMARTS) is 1. The Hall–Kier alpha value is -1.67. The zero-order valence-electron chi connectivity index (χ0n) is 13.5. The van der Waals surface area contributed by atoms with Gasteiger partial charge >= 0.3 is 5.97 Å². The number of nitrogens with zero attached hydrogens (tertiary/aromatic N) is 3. The molecule has 0 spiro atoms. The largest absolute Gasteiger partial charge is 0.480 e. The quantitative estimate of drug-likeness (QED) is 0.787. The monoisotopic (exact) mass is 355 g/mol. The summed E-state index contributed by atoms with van der Waals surface area (Å²) in [6, 6.07) is 1.83. The Balaban J connectivity index is 2.24. The molecule has 126 valence electrons. The summed E-state index contributed by atoms with van der Waals surface area (Å²) in [6.07, 6.45) is 0.725. The van der Waals surface area contributed by atoms with Crippen molar-refractivity contribution in [3.63, 3.8) is 0 Å². The van der Waals surface area contributed by atoms with Crippen molar-refractivity contribution in [2.24, 2.45) is 0 Å². The summed E-state index contributed by atoms with van der Waals surface area (Å²) in [5, 5.41) is 9.92. The van der Waals surface area contributed by atoms with E-state index in [9.17, 15) is 9.59 Å². The lowest BCUT2D eigenvalue weighted by Crippen LogP contribution is -2.35. The summed E-state index contributed by atoms with van der Waals surface area (Å²) in [6.45, 7) is 8.06. The summed E-state index contributed by atoms with van der Waals surface area (Å²) < 4.78 is 0.979. The molecule has 2 rings (SSSR count). The van der Waals surface area contributed by atoms with E-state index in [0.29, 0.717) is 11.4 Å². The molecule has 2 aromatic heterocycles. The van der Waals surface area contributed by atoms with Crippen LogP contribution >= 0.6 is 22.7 Å². The minimum Gasteiger partial charge on any atom is -0.480 e. The molecule has 0 aromatic carbocycles. The second kappa shape index (κ2) is 7.74. The van der Waals surface area contributed by atoms with Crippen molar-refractivity contribution in [3.05, 3.63) is 10.9 Å². The van der Waals surface area contributed by atoms with Gasteiger partial charge in [-0.25, -0.2) is 4.98 Å². The third-order valence-electron chi connectivity index (χ3n) is 3.43. The fourth-order valence-corrected chi connectivity index (χ4v) is 4.61. The first-order valence-corrected chi connectivity index (χ1v) is 9.29. The fraction of sp³-hybridized carbons (Fsp3) is 0.533. The van der Waals surface area contributed by atoms with E-state index in [1.165, 1.54) is 16.2 Å². The highest BCUT2D eigenvalue weighted by Crippen LogP contribution is 2.35. The smallest absolute Gasteiger partial charge is 0.323 e. The molecule has 1 N–H and O–H groups in total. The van der Waals surface area contributed by atoms with Gasteiger partial charge in [-0.15, -0.1) is 11.3 Å². The van der Waals surface area contributed by atoms with Crippen molar-refractivity contribution in [1.82, 2.24) is 9.88 Å². The Morgan fingerprint density at radius 3 is 2.43 bits per heavy atom. The number of fused-ring (bicyclic) bond motifs is 1. The number of carbonyl (C=O) groups is 2. The number of thiophene rings is 1. The van der Waals surface area contributed by atoms with Crippen LogP contribution in [0.5, 0.6) is 0 Å². The van der Waals surface area contributed by atoms with E-state index in [-0.39, 0.29) is 12.5 Å². The van der Waals surface area contributed by atoms with Gasteiger partial charge in [0.25, 0.3) is 5.91 Å². The first-order valence-electron chi connectivity index (χ1n) is 7.66. The van der Waals surface area contributed by atoms with Gasteiger partial charge in [0, 0.05) is 19.6 Å². The van der Waals surface area contributed by atoms with Gasteiger partial charge in [-0.3, -0.25) is 9.59 Å². The first kappa shape index (κ1) is 17.7. The van der Waals surface area contributed by atoms with Crippen LogP contribution in [0.25, 0.3) is 9.53 Å². The first-order chi connectivity index (χ1) is 11.0. The predicted octanol–water partition coefficient (Wildman–Crippen LogP) is 3.14. The molecule has 6 nitrogen and oxygen atoms in total. The lowest BCUT2D eigenvalue weighted by molar-refractivity contribution is -0.137. The second-order valence-electron chi connectivity index (χ2n) is 5.07. The number of aliphatic carboxylic acids is 1. The molecule has 0 saturated heterocycles. The fourth-order valence-electron chi connectivity index (χ4n) is 2.30. The van der Waals surface area contributed by atoms with Crippen LogP contribution in [-0.4, -0.2) is 53.0 Å². The highest BCUT2D eigenvalue weighted by Gasteiger charge is 2.21. The van der Waals surface area contributed by atoms with Gasteiger partial charge in [0.15, 0.2) is 5.13 Å². The number of amides is 1. The Kier molecular flexibility index (Phi) is 5.95. The lowest BCUT2D eigenvalue weighted by Gasteiger charge is -2.18. The molecule has 0 atom stereocenters. The Labute approximate surface area is 143 Å². The molecule has 1 amide bonds. The van der Waals surface area contributed by atoms with E-state index in [2.05, 4.69) is 23.7 Å². The second-order valence-corrected chi connectivity index (χ2v) is 7.11. The van der Waals surface area contributed by atoms with E-state index in [4.69, 9.17) is 5.11 Å². The van der Waals surface area contributed by atoms with Crippen LogP contribution in [-0.2, 0) is 4.79 Å². The van der Waals surface area contributed by atoms with Gasteiger partial charge in [-0.2, -0.15) is 0 Å². The minimum absolute atomic E-state index is 0.228. The third-order valence-corrected chi connectivity index (χ3v) is 5.64. The standard InChI is InChI=1S/C15H21N3O3S2/c1-4-7-18(9-12(19)20)14(21)11-8-10-13(22-11)16-15(23-10)17(5-2)6-3/h8H,4-7,9H2,1-3H3,(H,19,20). The molecule has 0 aliphatic heterocycles. The van der Waals surface area contributed by atoms with E-state index in [1.807, 2.05) is 13.0 Å². The summed E-state index contributed by atoms with van der Waals surface area (Å²) in [4.78, 5) is 33.0. The topological polar surface area (TPSA) is 73.7 Å². The number of hydrogen-bond donors (Lipinski definition) is 1. The maximum Gasteiger partial charge on any atom is 0.323 e. The molecule has 0 radical (unpaired) electrons. The SMILES string of the molecule is CCCN(CC(=O)O)C(=O)c1cc2sc(N(CC)CC)nc2s1. The lowest BCUT2D eigenvalue weighted by atomic mass is 10.3. The number of hydrogen-bond acceptors (Lipinski definition) is 6. The molecular weight excluding hydrogens is 334 g/mol. The maximum absolute atomic E-state index is 12.5. The van der Waals surface area contributed by atoms with Gasteiger partial charge < -0.3 is 14.9 Å². The summed E-state index contributed by atoms with van der Waals surface area (Å²) >= 11 is 2.90. The number of carbonyl (C=O) groups excluding carboxylic acids is 1. The maximum atomic E-state index is 12.5. The third kappa shape index (κ3) is 4.00. The van der Waals surface area contributed by atoms with Crippen molar-refractivity contribution in [3.8, 4) is 0 Å². The van der Waals surface area contributed by atoms with Crippen LogP contribution in [0.4, 0.5) is 5.13 Å². The van der Waals surface area contributed by atoms with Crippen LogP contribution in [0, 0.1) is 0 Å². The molecule has 2 heterocycles. The summed E-state index contributed by atoms with van der Waals surface area (Å²) in [5.41, 5.74) is 0. The van der Waals surface area contributed by atoms with Gasteiger partial charge in [-0.1, -0.05) is 18.3 Å². The van der Waals surface area contributed by atoms with Crippen LogP contribution in [0.3, 0.4) is 0 Å². The number of rotatable bonds is 8. The van der Waals surface area contributed by atoms with Crippen molar-refractivity contribution < 1.29 is 14.7 Å². The summed E-state index contributed by atoms with van der Waals surface area (Å²) in [7, 11) is 0. The predicted molar refractivity (Wildman–Crippen MR) is 94.9 cm³/mol. The Bertz CT molecular complexity index is 660. The molecule has 8 heteroatoms. The van der Waals surface area contributed by atoms with E-state index < -0.39 is 5.97 Å². The van der Waals surface area contributed by atoms with E-state index >= 15 is 0 Å². The van der Waals surface area contributed by atoms with Crippen molar-refractivity contribution >= 4 is 49.2 Å². The zero-order chi connectivity index (χ0) is 17.0. The van der Waals surface area contributed by atoms with Crippen molar-refractivity contribution in [2.75, 3.05) is 31.1 Å². The average molecular weight is 355 g/mol. The van der Waals surface area contributed by atoms with Gasteiger partial charge in [-0.05, 0) is 26.3 Å². The molecule has 23 heavy (non-hydrogen) atoms. The molecule has 0 bridgehead atoms. The molecule has 2 aromatic rings. The number of thiazole rings is 1. The van der Waals surface area contributed by atoms with E-state index in [0.717, 1.165) is 34.2 Å². The van der Waals surface area contributed by atoms with Gasteiger partial charge in [0.05, 0.1) is 9.58 Å². The van der Waals surface area contributed by atoms with Crippen molar-refractivity contribution in [2.45, 2.75) is 27.2 Å². The molecular formula is C15H21N3O3S2. The highest BCUT2D eigenvalue weighted by molar-refractivity contribution is 7.29. The zero-order valence-corrected chi connectivity index (χ0v) is 15.2. The average Bonchev–Trinajstić information content (AvgIpc) is 3.05. The van der Waals surface area contributed by atoms with Crippen molar-refractivity contribution in [1.29, 1.82) is 0 Å². The number of anilines is 1. The normalized spacial score (nSPS) is 10.9. The van der Waals surface area contributed by atoms with Crippen LogP contribution < -0.4 is 4.90 Å². The van der Waals surface area contributed by atoms with E-state index in [1.54, 1.807) is 11.3 Å². The molecule has 0 aliphatic rings. The molecule has 0 unspecified atom stereocenters. The van der Waals surface area contributed by atoms with Crippen LogP contribution in [0.2, 0.25) is 0 Å². The van der Waals surface area contributed by atoms with Crippen LogP contribution in [0.1, 0.15) is 36.9 Å². The molecule has 0 saturated carbocycles. The van der Waals surface area contributed by atoms with Gasteiger partial charge in [0.1, 0.15) is 11.4 Å².